The van der Waals surface area contributed by atoms with Crippen LogP contribution in [-0.4, -0.2) is 66.2 Å². The van der Waals surface area contributed by atoms with E-state index in [1.165, 1.54) is 32.6 Å². The maximum atomic E-state index is 14.6. The molecule has 2 aromatic carbocycles. The van der Waals surface area contributed by atoms with Gasteiger partial charge < -0.3 is 14.9 Å². The number of fused-ring (bicyclic) bond motifs is 9. The summed E-state index contributed by atoms with van der Waals surface area (Å²) in [5, 5.41) is 26.7. The monoisotopic (exact) mass is 733 g/mol. The predicted octanol–water partition coefficient (Wildman–Crippen LogP) is 8.10. The SMILES string of the molecule is CC1=CCCC2(C)C(CCC2(O)CN(CC2CCCO2)S(=O)(=O)c2cccs2)c2ccc(cc2C(=O)c2cc3ccccc3s2)CC(O)CC1. The highest BCUT2D eigenvalue weighted by Gasteiger charge is 2.58. The third-order valence-electron chi connectivity index (χ3n) is 11.5. The zero-order valence-electron chi connectivity index (χ0n) is 28.8. The van der Waals surface area contributed by atoms with Crippen molar-refractivity contribution in [3.8, 4) is 0 Å². The van der Waals surface area contributed by atoms with Crippen LogP contribution in [0.1, 0.15) is 97.5 Å². The van der Waals surface area contributed by atoms with Crippen LogP contribution in [0.2, 0.25) is 0 Å². The van der Waals surface area contributed by atoms with Crippen molar-refractivity contribution < 1.29 is 28.2 Å². The van der Waals surface area contributed by atoms with E-state index >= 15 is 0 Å². The van der Waals surface area contributed by atoms with Gasteiger partial charge in [0.05, 0.1) is 22.7 Å². The summed E-state index contributed by atoms with van der Waals surface area (Å²) in [4.78, 5) is 15.2. The first-order valence-corrected chi connectivity index (χ1v) is 21.0. The van der Waals surface area contributed by atoms with Crippen LogP contribution in [-0.2, 0) is 21.2 Å². The molecule has 3 heterocycles. The molecular weight excluding hydrogens is 687 g/mol. The second-order valence-electron chi connectivity index (χ2n) is 14.8. The summed E-state index contributed by atoms with van der Waals surface area (Å²) < 4.78 is 37.1. The van der Waals surface area contributed by atoms with E-state index in [0.29, 0.717) is 55.6 Å². The zero-order chi connectivity index (χ0) is 35.1. The maximum Gasteiger partial charge on any atom is 0.252 e. The average molecular weight is 734 g/mol. The van der Waals surface area contributed by atoms with Crippen LogP contribution >= 0.6 is 22.7 Å². The number of ketones is 1. The molecule has 266 valence electrons. The summed E-state index contributed by atoms with van der Waals surface area (Å²) in [5.74, 6) is -0.260. The Morgan fingerprint density at radius 2 is 1.90 bits per heavy atom. The minimum atomic E-state index is -3.89. The van der Waals surface area contributed by atoms with E-state index in [1.54, 1.807) is 17.5 Å². The van der Waals surface area contributed by atoms with Gasteiger partial charge in [-0.3, -0.25) is 4.79 Å². The Kier molecular flexibility index (Phi) is 10.3. The minimum Gasteiger partial charge on any atom is -0.393 e. The van der Waals surface area contributed by atoms with Gasteiger partial charge >= 0.3 is 0 Å². The van der Waals surface area contributed by atoms with E-state index in [0.717, 1.165) is 40.5 Å². The number of carbonyl (C=O) groups excluding carboxylic acids is 1. The van der Waals surface area contributed by atoms with E-state index in [2.05, 4.69) is 19.9 Å². The van der Waals surface area contributed by atoms with Gasteiger partial charge in [-0.2, -0.15) is 4.31 Å². The van der Waals surface area contributed by atoms with E-state index in [9.17, 15) is 23.4 Å². The van der Waals surface area contributed by atoms with Gasteiger partial charge in [0.1, 0.15) is 4.21 Å². The van der Waals surface area contributed by atoms with Gasteiger partial charge in [0.15, 0.2) is 0 Å². The molecule has 2 aromatic heterocycles. The van der Waals surface area contributed by atoms with Crippen LogP contribution in [0.4, 0.5) is 0 Å². The number of allylic oxidation sites excluding steroid dienone is 2. The number of aliphatic hydroxyl groups excluding tert-OH is 1. The molecule has 50 heavy (non-hydrogen) atoms. The second kappa shape index (κ2) is 14.4. The first-order valence-electron chi connectivity index (χ1n) is 17.8. The topological polar surface area (TPSA) is 104 Å². The van der Waals surface area contributed by atoms with Crippen molar-refractivity contribution in [2.45, 2.75) is 99.6 Å². The fourth-order valence-electron chi connectivity index (χ4n) is 8.52. The van der Waals surface area contributed by atoms with Crippen molar-refractivity contribution >= 4 is 48.6 Å². The summed E-state index contributed by atoms with van der Waals surface area (Å²) in [5.41, 5.74) is 1.46. The van der Waals surface area contributed by atoms with Gasteiger partial charge in [0.25, 0.3) is 10.0 Å². The summed E-state index contributed by atoms with van der Waals surface area (Å²) in [7, 11) is -3.89. The Bertz CT molecular complexity index is 1950. The molecule has 5 unspecified atom stereocenters. The average Bonchev–Trinajstić information content (AvgIpc) is 3.92. The number of carbonyl (C=O) groups is 1. The van der Waals surface area contributed by atoms with Crippen LogP contribution in [0.25, 0.3) is 10.1 Å². The lowest BCUT2D eigenvalue weighted by Crippen LogP contribution is -2.54. The van der Waals surface area contributed by atoms with E-state index in [-0.39, 0.29) is 35.1 Å². The quantitative estimate of drug-likeness (QED) is 0.140. The molecule has 3 aliphatic carbocycles. The van der Waals surface area contributed by atoms with Crippen LogP contribution in [0.5, 0.6) is 0 Å². The van der Waals surface area contributed by atoms with Crippen LogP contribution < -0.4 is 0 Å². The van der Waals surface area contributed by atoms with Gasteiger partial charge in [-0.1, -0.05) is 55.0 Å². The molecule has 1 aliphatic heterocycles. The molecule has 1 saturated heterocycles. The Hall–Kier alpha value is -2.70. The highest BCUT2D eigenvalue weighted by Crippen LogP contribution is 2.59. The van der Waals surface area contributed by atoms with Crippen molar-refractivity contribution in [3.05, 3.63) is 99.3 Å². The third-order valence-corrected chi connectivity index (χ3v) is 15.8. The largest absolute Gasteiger partial charge is 0.393 e. The molecule has 4 aromatic rings. The van der Waals surface area contributed by atoms with Crippen molar-refractivity contribution in [2.24, 2.45) is 5.41 Å². The molecule has 7 nitrogen and oxygen atoms in total. The number of hydrogen-bond acceptors (Lipinski definition) is 8. The van der Waals surface area contributed by atoms with Crippen LogP contribution in [0.3, 0.4) is 0 Å². The highest BCUT2D eigenvalue weighted by molar-refractivity contribution is 7.91. The third kappa shape index (κ3) is 6.93. The Balaban J connectivity index is 1.32. The number of hydrogen-bond donors (Lipinski definition) is 2. The first kappa shape index (κ1) is 35.7. The Morgan fingerprint density at radius 3 is 2.66 bits per heavy atom. The van der Waals surface area contributed by atoms with E-state index in [1.807, 2.05) is 48.5 Å². The molecule has 8 rings (SSSR count). The van der Waals surface area contributed by atoms with Crippen molar-refractivity contribution in [1.82, 2.24) is 4.31 Å². The molecule has 1 saturated carbocycles. The fraction of sp³-hybridized carbons (Fsp3) is 0.475. The molecule has 0 radical (unpaired) electrons. The van der Waals surface area contributed by atoms with Gasteiger partial charge in [0, 0.05) is 35.4 Å². The van der Waals surface area contributed by atoms with Crippen molar-refractivity contribution in [2.75, 3.05) is 19.7 Å². The van der Waals surface area contributed by atoms with E-state index in [4.69, 9.17) is 4.74 Å². The van der Waals surface area contributed by atoms with Crippen LogP contribution in [0.15, 0.2) is 81.9 Å². The lowest BCUT2D eigenvalue weighted by Gasteiger charge is -2.46. The summed E-state index contributed by atoms with van der Waals surface area (Å²) in [6.07, 6.45) is 7.26. The second-order valence-corrected chi connectivity index (χ2v) is 19.0. The highest BCUT2D eigenvalue weighted by atomic mass is 32.2. The lowest BCUT2D eigenvalue weighted by molar-refractivity contribution is -0.0754. The lowest BCUT2D eigenvalue weighted by atomic mass is 9.65. The molecule has 2 fully saturated rings. The number of nitrogens with zero attached hydrogens (tertiary/aromatic N) is 1. The molecule has 10 heteroatoms. The molecular formula is C40H47NO6S3. The maximum absolute atomic E-state index is 14.6. The molecule has 4 aliphatic rings. The zero-order valence-corrected chi connectivity index (χ0v) is 31.3. The molecule has 5 atom stereocenters. The van der Waals surface area contributed by atoms with Gasteiger partial charge in [0.2, 0.25) is 5.78 Å². The Morgan fingerprint density at radius 1 is 1.06 bits per heavy atom. The summed E-state index contributed by atoms with van der Waals surface area (Å²) >= 11 is 2.67. The predicted molar refractivity (Wildman–Crippen MR) is 201 cm³/mol. The smallest absolute Gasteiger partial charge is 0.252 e. The standard InChI is InChI=1S/C40H47NO6S3/c1-27-8-5-18-39(2)34(17-19-40(39,44)26-41(25-31-10-6-20-47-31)50(45,46)37-12-7-21-48-37)32-16-14-28(22-30(42)15-13-27)23-33(32)38(43)36-24-29-9-3-4-11-35(29)49-36/h3-4,7-9,11-12,14,16,21,23-24,30-31,34,42,44H,5-6,10,13,15,17-20,22,25-26H2,1-2H3. The normalized spacial score (nSPS) is 27.8. The van der Waals surface area contributed by atoms with Gasteiger partial charge in [-0.25, -0.2) is 8.42 Å². The van der Waals surface area contributed by atoms with Crippen molar-refractivity contribution in [1.29, 1.82) is 0 Å². The minimum absolute atomic E-state index is 0.0489. The van der Waals surface area contributed by atoms with Crippen LogP contribution in [0, 0.1) is 5.41 Å². The number of rotatable bonds is 8. The molecule has 0 amide bonds. The fourth-order valence-corrected chi connectivity index (χ4v) is 12.2. The van der Waals surface area contributed by atoms with Gasteiger partial charge in [-0.05, 0) is 117 Å². The number of thiophene rings is 2. The Labute approximate surface area is 303 Å². The number of ether oxygens (including phenoxy) is 1. The first-order chi connectivity index (χ1) is 24.0. The van der Waals surface area contributed by atoms with E-state index < -0.39 is 27.1 Å². The summed E-state index contributed by atoms with van der Waals surface area (Å²) in [6.45, 7) is 4.94. The number of aliphatic hydroxyl groups is 2. The molecule has 2 bridgehead atoms. The molecule has 2 N–H and O–H groups in total. The van der Waals surface area contributed by atoms with Gasteiger partial charge in [-0.15, -0.1) is 22.7 Å². The van der Waals surface area contributed by atoms with Crippen molar-refractivity contribution in [3.63, 3.8) is 0 Å². The molecule has 0 spiro atoms. The number of sulfonamides is 1. The number of benzene rings is 2. The summed E-state index contributed by atoms with van der Waals surface area (Å²) in [6, 6.07) is 19.4.